The van der Waals surface area contributed by atoms with Crippen LogP contribution in [0.25, 0.3) is 0 Å². The van der Waals surface area contributed by atoms with E-state index in [9.17, 15) is 5.11 Å². The molecule has 0 spiro atoms. The minimum Gasteiger partial charge on any atom is -0.508 e. The predicted octanol–water partition coefficient (Wildman–Crippen LogP) is 3.69. The number of phenols is 1. The molecule has 0 amide bonds. The monoisotopic (exact) mass is 265 g/mol. The summed E-state index contributed by atoms with van der Waals surface area (Å²) in [5, 5.41) is 9.89. The van der Waals surface area contributed by atoms with Crippen LogP contribution in [0.4, 0.5) is 5.69 Å². The molecule has 2 unspecified atom stereocenters. The topological polar surface area (TPSA) is 46.2 Å². The van der Waals surface area contributed by atoms with E-state index in [0.717, 1.165) is 18.5 Å². The highest BCUT2D eigenvalue weighted by molar-refractivity contribution is 5.65. The molecule has 20 heavy (non-hydrogen) atoms. The number of phenolic OH excluding ortho intramolecular Hbond substituents is 1. The summed E-state index contributed by atoms with van der Waals surface area (Å²) in [6.07, 6.45) is 2.26. The average molecular weight is 265 g/mol. The van der Waals surface area contributed by atoms with E-state index in [-0.39, 0.29) is 10.8 Å². The second-order valence-electron chi connectivity index (χ2n) is 6.70. The van der Waals surface area contributed by atoms with Gasteiger partial charge in [0.25, 0.3) is 0 Å². The Morgan fingerprint density at radius 3 is 2.05 bits per heavy atom. The van der Waals surface area contributed by atoms with Crippen LogP contribution in [-0.2, 0) is 10.8 Å². The molecule has 2 aromatic carbocycles. The molecule has 0 aromatic heterocycles. The first-order chi connectivity index (χ1) is 9.45. The van der Waals surface area contributed by atoms with E-state index in [0.29, 0.717) is 5.75 Å². The fraction of sp³-hybridized carbons (Fsp3) is 0.333. The SMILES string of the molecule is CC12CCC(C)(c3ccc(N)cc31)c1cc(O)ccc12. The Bertz CT molecular complexity index is 673. The number of hydrogen-bond donors (Lipinski definition) is 2. The standard InChI is InChI=1S/C18H19NO/c1-17-7-8-18(2,13-5-3-11(19)9-15(13)17)16-10-12(20)4-6-14(16)17/h3-6,9-10,20H,7-8,19H2,1-2H3. The van der Waals surface area contributed by atoms with Crippen LogP contribution in [-0.4, -0.2) is 5.11 Å². The quantitative estimate of drug-likeness (QED) is 0.713. The zero-order chi connectivity index (χ0) is 14.1. The molecule has 2 bridgehead atoms. The molecule has 102 valence electrons. The summed E-state index contributed by atoms with van der Waals surface area (Å²) in [7, 11) is 0. The van der Waals surface area contributed by atoms with E-state index < -0.39 is 0 Å². The Labute approximate surface area is 119 Å². The maximum absolute atomic E-state index is 9.89. The highest BCUT2D eigenvalue weighted by Crippen LogP contribution is 2.59. The lowest BCUT2D eigenvalue weighted by molar-refractivity contribution is 0.325. The molecule has 2 nitrogen and oxygen atoms in total. The van der Waals surface area contributed by atoms with Crippen LogP contribution in [0, 0.1) is 0 Å². The van der Waals surface area contributed by atoms with Gasteiger partial charge >= 0.3 is 0 Å². The molecule has 2 atom stereocenters. The molecule has 3 aliphatic rings. The molecule has 3 N–H and O–H groups in total. The number of nitrogens with two attached hydrogens (primary N) is 1. The van der Waals surface area contributed by atoms with Crippen LogP contribution in [0.2, 0.25) is 0 Å². The van der Waals surface area contributed by atoms with Crippen molar-refractivity contribution in [2.24, 2.45) is 0 Å². The number of anilines is 1. The van der Waals surface area contributed by atoms with Gasteiger partial charge < -0.3 is 10.8 Å². The van der Waals surface area contributed by atoms with E-state index in [2.05, 4.69) is 32.0 Å². The Morgan fingerprint density at radius 1 is 0.850 bits per heavy atom. The van der Waals surface area contributed by atoms with Gasteiger partial charge in [-0.1, -0.05) is 26.0 Å². The van der Waals surface area contributed by atoms with Gasteiger partial charge in [-0.2, -0.15) is 0 Å². The molecule has 0 heterocycles. The van der Waals surface area contributed by atoms with Crippen molar-refractivity contribution in [2.45, 2.75) is 37.5 Å². The van der Waals surface area contributed by atoms with Crippen molar-refractivity contribution in [1.29, 1.82) is 0 Å². The third kappa shape index (κ3) is 1.20. The molecule has 3 aliphatic carbocycles. The molecule has 0 radical (unpaired) electrons. The number of nitrogen functional groups attached to an aromatic ring is 1. The summed E-state index contributed by atoms with van der Waals surface area (Å²) < 4.78 is 0. The van der Waals surface area contributed by atoms with Crippen LogP contribution < -0.4 is 5.73 Å². The number of fused-ring (bicyclic) bond motifs is 1. The van der Waals surface area contributed by atoms with Gasteiger partial charge in [-0.05, 0) is 59.4 Å². The third-order valence-corrected chi connectivity index (χ3v) is 5.55. The van der Waals surface area contributed by atoms with Crippen LogP contribution in [0.5, 0.6) is 5.75 Å². The third-order valence-electron chi connectivity index (χ3n) is 5.55. The maximum Gasteiger partial charge on any atom is 0.115 e. The number of benzene rings is 2. The van der Waals surface area contributed by atoms with Gasteiger partial charge in [-0.25, -0.2) is 0 Å². The first-order valence-corrected chi connectivity index (χ1v) is 7.20. The van der Waals surface area contributed by atoms with E-state index in [1.165, 1.54) is 22.3 Å². The molecule has 2 heteroatoms. The maximum atomic E-state index is 9.89. The molecule has 0 aliphatic heterocycles. The zero-order valence-corrected chi connectivity index (χ0v) is 11.9. The van der Waals surface area contributed by atoms with Gasteiger partial charge in [0.1, 0.15) is 5.75 Å². The highest BCUT2D eigenvalue weighted by Gasteiger charge is 2.51. The Balaban J connectivity index is 2.12. The number of hydrogen-bond acceptors (Lipinski definition) is 2. The molecular formula is C18H19NO. The predicted molar refractivity (Wildman–Crippen MR) is 81.1 cm³/mol. The van der Waals surface area contributed by atoms with E-state index in [1.807, 2.05) is 12.1 Å². The normalized spacial score (nSPS) is 29.9. The smallest absolute Gasteiger partial charge is 0.115 e. The molecule has 0 saturated carbocycles. The van der Waals surface area contributed by atoms with E-state index in [4.69, 9.17) is 5.73 Å². The molecule has 0 fully saturated rings. The minimum atomic E-state index is -0.00509. The number of aromatic hydroxyl groups is 1. The summed E-state index contributed by atoms with van der Waals surface area (Å²) in [4.78, 5) is 0. The first-order valence-electron chi connectivity index (χ1n) is 7.20. The van der Waals surface area contributed by atoms with Gasteiger partial charge in [0, 0.05) is 16.5 Å². The van der Waals surface area contributed by atoms with Crippen molar-refractivity contribution in [2.75, 3.05) is 5.73 Å². The van der Waals surface area contributed by atoms with Gasteiger partial charge in [-0.3, -0.25) is 0 Å². The largest absolute Gasteiger partial charge is 0.508 e. The fourth-order valence-electron chi connectivity index (χ4n) is 4.30. The summed E-state index contributed by atoms with van der Waals surface area (Å²) in [5.74, 6) is 0.359. The zero-order valence-electron chi connectivity index (χ0n) is 11.9. The van der Waals surface area contributed by atoms with Crippen molar-refractivity contribution in [3.8, 4) is 5.75 Å². The minimum absolute atomic E-state index is 0.00509. The summed E-state index contributed by atoms with van der Waals surface area (Å²) >= 11 is 0. The Kier molecular flexibility index (Phi) is 2.00. The Hall–Kier alpha value is -1.96. The lowest BCUT2D eigenvalue weighted by Gasteiger charge is -2.53. The van der Waals surface area contributed by atoms with Crippen LogP contribution in [0.15, 0.2) is 36.4 Å². The summed E-state index contributed by atoms with van der Waals surface area (Å²) in [6.45, 7) is 4.60. The van der Waals surface area contributed by atoms with Crippen molar-refractivity contribution >= 4 is 5.69 Å². The molecule has 2 aromatic rings. The van der Waals surface area contributed by atoms with Crippen molar-refractivity contribution in [3.63, 3.8) is 0 Å². The molecule has 5 rings (SSSR count). The van der Waals surface area contributed by atoms with E-state index >= 15 is 0 Å². The van der Waals surface area contributed by atoms with Crippen LogP contribution in [0.3, 0.4) is 0 Å². The summed E-state index contributed by atoms with van der Waals surface area (Å²) in [5.41, 5.74) is 12.2. The van der Waals surface area contributed by atoms with Crippen LogP contribution >= 0.6 is 0 Å². The van der Waals surface area contributed by atoms with Gasteiger partial charge in [0.15, 0.2) is 0 Å². The van der Waals surface area contributed by atoms with Crippen molar-refractivity contribution in [3.05, 3.63) is 58.7 Å². The van der Waals surface area contributed by atoms with E-state index in [1.54, 1.807) is 6.07 Å². The van der Waals surface area contributed by atoms with Gasteiger partial charge in [0.05, 0.1) is 0 Å². The molecule has 0 saturated heterocycles. The van der Waals surface area contributed by atoms with Crippen LogP contribution in [0.1, 0.15) is 48.9 Å². The lowest BCUT2D eigenvalue weighted by Crippen LogP contribution is -2.46. The second kappa shape index (κ2) is 3.38. The van der Waals surface area contributed by atoms with Gasteiger partial charge in [-0.15, -0.1) is 0 Å². The van der Waals surface area contributed by atoms with Crippen molar-refractivity contribution in [1.82, 2.24) is 0 Å². The van der Waals surface area contributed by atoms with Crippen molar-refractivity contribution < 1.29 is 5.11 Å². The second-order valence-corrected chi connectivity index (χ2v) is 6.70. The molecular weight excluding hydrogens is 246 g/mol. The first kappa shape index (κ1) is 11.8. The lowest BCUT2D eigenvalue weighted by atomic mass is 9.50. The average Bonchev–Trinajstić information content (AvgIpc) is 2.42. The summed E-state index contributed by atoms with van der Waals surface area (Å²) in [6, 6.07) is 12.2. The fourth-order valence-corrected chi connectivity index (χ4v) is 4.30. The number of rotatable bonds is 0. The highest BCUT2D eigenvalue weighted by atomic mass is 16.3. The van der Waals surface area contributed by atoms with Gasteiger partial charge in [0.2, 0.25) is 0 Å². The Morgan fingerprint density at radius 2 is 1.40 bits per heavy atom.